The fourth-order valence-electron chi connectivity index (χ4n) is 3.53. The van der Waals surface area contributed by atoms with Gasteiger partial charge >= 0.3 is 0 Å². The van der Waals surface area contributed by atoms with Crippen molar-refractivity contribution in [1.29, 1.82) is 0 Å². The summed E-state index contributed by atoms with van der Waals surface area (Å²) in [5.41, 5.74) is 9.21. The minimum Gasteiger partial charge on any atom is -0.334 e. The van der Waals surface area contributed by atoms with Crippen LogP contribution in [0.1, 0.15) is 22.3 Å². The van der Waals surface area contributed by atoms with Crippen molar-refractivity contribution in [2.45, 2.75) is 24.5 Å². The van der Waals surface area contributed by atoms with Gasteiger partial charge in [0.05, 0.1) is 0 Å². The number of aryl methyl sites for hydroxylation is 2. The summed E-state index contributed by atoms with van der Waals surface area (Å²) in [4.78, 5) is 4.66. The van der Waals surface area contributed by atoms with E-state index in [0.717, 1.165) is 21.8 Å². The molecule has 0 fully saturated rings. The number of nitrogens with zero attached hydrogens (tertiary/aromatic N) is 2. The first-order chi connectivity index (χ1) is 14.1. The highest BCUT2D eigenvalue weighted by Crippen LogP contribution is 2.31. The summed E-state index contributed by atoms with van der Waals surface area (Å²) in [7, 11) is 0. The first-order valence-corrected chi connectivity index (χ1v) is 11.6. The molecule has 4 rings (SSSR count). The second-order valence-corrected chi connectivity index (χ2v) is 8.14. The van der Waals surface area contributed by atoms with Crippen molar-refractivity contribution >= 4 is 31.9 Å². The zero-order chi connectivity index (χ0) is 20.4. The predicted molar refractivity (Wildman–Crippen MR) is 125 cm³/mol. The van der Waals surface area contributed by atoms with E-state index in [1.807, 2.05) is 12.1 Å². The minimum atomic E-state index is 0.533. The Labute approximate surface area is 187 Å². The van der Waals surface area contributed by atoms with E-state index in [4.69, 9.17) is 4.52 Å². The van der Waals surface area contributed by atoms with Gasteiger partial charge in [-0.2, -0.15) is 4.98 Å². The van der Waals surface area contributed by atoms with Gasteiger partial charge in [-0.1, -0.05) is 73.4 Å². The third-order valence-corrected chi connectivity index (χ3v) is 6.25. The summed E-state index contributed by atoms with van der Waals surface area (Å²) in [6, 6.07) is 20.9. The Kier molecular flexibility index (Phi) is 5.97. The molecule has 3 aromatic carbocycles. The smallest absolute Gasteiger partial charge is 0.258 e. The number of hydrogen-bond acceptors (Lipinski definition) is 3. The SMILES string of the molecule is Cc1cc(-c2nc(-c3cc(C)c(CBr)c(CBr)c3)no2)ccc1-c1ccccc1. The van der Waals surface area contributed by atoms with Gasteiger partial charge in [0.25, 0.3) is 5.89 Å². The Hall–Kier alpha value is -2.24. The maximum Gasteiger partial charge on any atom is 0.258 e. The van der Waals surface area contributed by atoms with Gasteiger partial charge < -0.3 is 4.52 Å². The highest BCUT2D eigenvalue weighted by atomic mass is 79.9. The zero-order valence-electron chi connectivity index (χ0n) is 16.2. The van der Waals surface area contributed by atoms with Crippen LogP contribution in [0.2, 0.25) is 0 Å². The maximum atomic E-state index is 5.59. The molecule has 3 nitrogen and oxygen atoms in total. The van der Waals surface area contributed by atoms with Crippen molar-refractivity contribution in [2.24, 2.45) is 0 Å². The molecule has 0 aliphatic carbocycles. The summed E-state index contributed by atoms with van der Waals surface area (Å²) in [5, 5.41) is 5.84. The Balaban J connectivity index is 1.68. The predicted octanol–water partition coefficient (Wildman–Crippen LogP) is 7.48. The largest absolute Gasteiger partial charge is 0.334 e. The average Bonchev–Trinajstić information content (AvgIpc) is 3.24. The lowest BCUT2D eigenvalue weighted by molar-refractivity contribution is 0.432. The van der Waals surface area contributed by atoms with E-state index in [1.165, 1.54) is 33.4 Å². The van der Waals surface area contributed by atoms with Crippen LogP contribution in [0.4, 0.5) is 0 Å². The van der Waals surface area contributed by atoms with E-state index in [-0.39, 0.29) is 0 Å². The van der Waals surface area contributed by atoms with Crippen LogP contribution in [0, 0.1) is 13.8 Å². The first kappa shape index (κ1) is 20.0. The molecule has 0 radical (unpaired) electrons. The van der Waals surface area contributed by atoms with Crippen molar-refractivity contribution in [3.8, 4) is 34.0 Å². The van der Waals surface area contributed by atoms with Crippen molar-refractivity contribution in [1.82, 2.24) is 10.1 Å². The average molecular weight is 512 g/mol. The summed E-state index contributed by atoms with van der Waals surface area (Å²) >= 11 is 7.16. The van der Waals surface area contributed by atoms with Gasteiger partial charge in [0, 0.05) is 21.8 Å². The first-order valence-electron chi connectivity index (χ1n) is 9.35. The van der Waals surface area contributed by atoms with E-state index >= 15 is 0 Å². The maximum absolute atomic E-state index is 5.59. The summed E-state index contributed by atoms with van der Waals surface area (Å²) in [5.74, 6) is 1.14. The number of halogens is 2. The Morgan fingerprint density at radius 3 is 2.24 bits per heavy atom. The zero-order valence-corrected chi connectivity index (χ0v) is 19.4. The van der Waals surface area contributed by atoms with Crippen LogP contribution in [0.5, 0.6) is 0 Å². The highest BCUT2D eigenvalue weighted by Gasteiger charge is 2.15. The lowest BCUT2D eigenvalue weighted by Crippen LogP contribution is -1.95. The molecule has 0 spiro atoms. The van der Waals surface area contributed by atoms with Crippen molar-refractivity contribution < 1.29 is 4.52 Å². The van der Waals surface area contributed by atoms with Crippen molar-refractivity contribution in [2.75, 3.05) is 0 Å². The number of hydrogen-bond donors (Lipinski definition) is 0. The highest BCUT2D eigenvalue weighted by molar-refractivity contribution is 9.09. The standard InChI is InChI=1S/C24H20Br2N2O/c1-15-10-18(8-9-21(15)17-6-4-3-5-7-17)24-27-23(28-29-24)19-11-16(2)22(14-26)20(12-19)13-25/h3-12H,13-14H2,1-2H3. The number of aromatic nitrogens is 2. The van der Waals surface area contributed by atoms with E-state index in [9.17, 15) is 0 Å². The number of benzene rings is 3. The van der Waals surface area contributed by atoms with Gasteiger partial charge in [-0.05, 0) is 71.5 Å². The molecule has 0 saturated carbocycles. The van der Waals surface area contributed by atoms with Gasteiger partial charge in [0.15, 0.2) is 0 Å². The van der Waals surface area contributed by atoms with E-state index < -0.39 is 0 Å². The van der Waals surface area contributed by atoms with Crippen LogP contribution >= 0.6 is 31.9 Å². The third kappa shape index (κ3) is 4.07. The molecule has 1 heterocycles. The summed E-state index contributed by atoms with van der Waals surface area (Å²) < 4.78 is 5.59. The molecule has 0 atom stereocenters. The van der Waals surface area contributed by atoms with Crippen LogP contribution in [-0.2, 0) is 10.7 Å². The van der Waals surface area contributed by atoms with Gasteiger partial charge in [0.2, 0.25) is 5.82 Å². The normalized spacial score (nSPS) is 11.0. The minimum absolute atomic E-state index is 0.533. The fraction of sp³-hybridized carbons (Fsp3) is 0.167. The molecule has 29 heavy (non-hydrogen) atoms. The molecular formula is C24H20Br2N2O. The molecule has 0 aliphatic rings. The quantitative estimate of drug-likeness (QED) is 0.261. The lowest BCUT2D eigenvalue weighted by atomic mass is 9.98. The molecule has 0 amide bonds. The van der Waals surface area contributed by atoms with Crippen LogP contribution < -0.4 is 0 Å². The fourth-order valence-corrected chi connectivity index (χ4v) is 4.83. The van der Waals surface area contributed by atoms with Gasteiger partial charge in [-0.25, -0.2) is 0 Å². The monoisotopic (exact) mass is 510 g/mol. The Morgan fingerprint density at radius 2 is 1.55 bits per heavy atom. The molecule has 1 aromatic heterocycles. The van der Waals surface area contributed by atoms with Crippen LogP contribution in [0.25, 0.3) is 34.0 Å². The Bertz CT molecular complexity index is 1150. The molecule has 5 heteroatoms. The molecule has 0 unspecified atom stereocenters. The lowest BCUT2D eigenvalue weighted by Gasteiger charge is -2.10. The molecular weight excluding hydrogens is 492 g/mol. The summed E-state index contributed by atoms with van der Waals surface area (Å²) in [6.45, 7) is 4.21. The van der Waals surface area contributed by atoms with Crippen molar-refractivity contribution in [3.05, 3.63) is 82.9 Å². The molecule has 0 aliphatic heterocycles. The number of rotatable bonds is 5. The van der Waals surface area contributed by atoms with Crippen molar-refractivity contribution in [3.63, 3.8) is 0 Å². The topological polar surface area (TPSA) is 38.9 Å². The van der Waals surface area contributed by atoms with Crippen LogP contribution in [-0.4, -0.2) is 10.1 Å². The van der Waals surface area contributed by atoms with Crippen LogP contribution in [0.15, 0.2) is 65.2 Å². The van der Waals surface area contributed by atoms with E-state index in [2.05, 4.69) is 104 Å². The number of alkyl halides is 2. The molecule has 0 N–H and O–H groups in total. The molecule has 146 valence electrons. The van der Waals surface area contributed by atoms with Gasteiger partial charge in [-0.15, -0.1) is 0 Å². The van der Waals surface area contributed by atoms with E-state index in [1.54, 1.807) is 0 Å². The third-order valence-electron chi connectivity index (χ3n) is 5.09. The second kappa shape index (κ2) is 8.64. The molecule has 0 bridgehead atoms. The van der Waals surface area contributed by atoms with E-state index in [0.29, 0.717) is 11.7 Å². The Morgan fingerprint density at radius 1 is 0.793 bits per heavy atom. The second-order valence-electron chi connectivity index (χ2n) is 7.02. The molecule has 4 aromatic rings. The molecule has 0 saturated heterocycles. The van der Waals surface area contributed by atoms with Gasteiger partial charge in [-0.3, -0.25) is 0 Å². The van der Waals surface area contributed by atoms with Crippen LogP contribution in [0.3, 0.4) is 0 Å². The van der Waals surface area contributed by atoms with Gasteiger partial charge in [0.1, 0.15) is 0 Å². The summed E-state index contributed by atoms with van der Waals surface area (Å²) in [6.07, 6.45) is 0.